The first-order chi connectivity index (χ1) is 10.1. The maximum Gasteiger partial charge on any atom is 0.343 e. The van der Waals surface area contributed by atoms with Crippen molar-refractivity contribution in [3.63, 3.8) is 0 Å². The van der Waals surface area contributed by atoms with E-state index < -0.39 is 5.97 Å². The molecule has 7 heteroatoms. The van der Waals surface area contributed by atoms with E-state index in [1.807, 2.05) is 0 Å². The van der Waals surface area contributed by atoms with Gasteiger partial charge in [0.05, 0.1) is 26.2 Å². The zero-order chi connectivity index (χ0) is 15.2. The number of amides is 1. The van der Waals surface area contributed by atoms with Crippen LogP contribution in [-0.2, 0) is 19.1 Å². The van der Waals surface area contributed by atoms with Gasteiger partial charge in [0.1, 0.15) is 5.75 Å². The van der Waals surface area contributed by atoms with E-state index in [2.05, 4.69) is 10.1 Å². The lowest BCUT2D eigenvalue weighted by Gasteiger charge is -2.13. The molecule has 0 aliphatic carbocycles. The molecule has 1 aliphatic rings. The van der Waals surface area contributed by atoms with Crippen LogP contribution in [0.2, 0.25) is 0 Å². The van der Waals surface area contributed by atoms with E-state index in [1.165, 1.54) is 7.11 Å². The number of hydrogen-bond acceptors (Lipinski definition) is 6. The molecule has 2 atom stereocenters. The van der Waals surface area contributed by atoms with Crippen molar-refractivity contribution in [3.05, 3.63) is 24.3 Å². The number of carbonyl (C=O) groups is 2. The molecule has 1 aromatic carbocycles. The SMILES string of the molecule is COC(=O)COc1ccc(NC(=O)C2COCC2N)cc1. The van der Waals surface area contributed by atoms with Crippen LogP contribution in [-0.4, -0.2) is 44.8 Å². The van der Waals surface area contributed by atoms with Gasteiger partial charge < -0.3 is 25.3 Å². The zero-order valence-corrected chi connectivity index (χ0v) is 11.7. The van der Waals surface area contributed by atoms with Crippen molar-refractivity contribution in [1.82, 2.24) is 0 Å². The second-order valence-electron chi connectivity index (χ2n) is 4.69. The van der Waals surface area contributed by atoms with E-state index in [1.54, 1.807) is 24.3 Å². The molecule has 0 aromatic heterocycles. The van der Waals surface area contributed by atoms with E-state index in [4.69, 9.17) is 15.2 Å². The van der Waals surface area contributed by atoms with Crippen LogP contribution in [0.25, 0.3) is 0 Å². The van der Waals surface area contributed by atoms with Crippen LogP contribution in [0.5, 0.6) is 5.75 Å². The highest BCUT2D eigenvalue weighted by atomic mass is 16.6. The number of rotatable bonds is 5. The topological polar surface area (TPSA) is 99.9 Å². The Kier molecular flexibility index (Phi) is 5.13. The Morgan fingerprint density at radius 2 is 2.05 bits per heavy atom. The Balaban J connectivity index is 1.87. The smallest absolute Gasteiger partial charge is 0.343 e. The third-order valence-electron chi connectivity index (χ3n) is 3.17. The fourth-order valence-corrected chi connectivity index (χ4v) is 1.91. The van der Waals surface area contributed by atoms with Crippen molar-refractivity contribution in [3.8, 4) is 5.75 Å². The largest absolute Gasteiger partial charge is 0.482 e. The molecule has 0 radical (unpaired) electrons. The second kappa shape index (κ2) is 7.05. The summed E-state index contributed by atoms with van der Waals surface area (Å²) in [7, 11) is 1.29. The first-order valence-corrected chi connectivity index (χ1v) is 6.54. The molecular formula is C14H18N2O5. The van der Waals surface area contributed by atoms with Gasteiger partial charge >= 0.3 is 5.97 Å². The van der Waals surface area contributed by atoms with E-state index >= 15 is 0 Å². The molecule has 1 aromatic rings. The van der Waals surface area contributed by atoms with Gasteiger partial charge in [0.15, 0.2) is 6.61 Å². The van der Waals surface area contributed by atoms with E-state index in [9.17, 15) is 9.59 Å². The van der Waals surface area contributed by atoms with Crippen molar-refractivity contribution in [2.45, 2.75) is 6.04 Å². The standard InChI is InChI=1S/C14H18N2O5/c1-19-13(17)8-21-10-4-2-9(3-5-10)16-14(18)11-6-20-7-12(11)15/h2-5,11-12H,6-8,15H2,1H3,(H,16,18). The molecule has 114 valence electrons. The van der Waals surface area contributed by atoms with Crippen molar-refractivity contribution in [2.24, 2.45) is 11.7 Å². The number of hydrogen-bond donors (Lipinski definition) is 2. The molecular weight excluding hydrogens is 276 g/mol. The highest BCUT2D eigenvalue weighted by Gasteiger charge is 2.31. The number of nitrogens with two attached hydrogens (primary N) is 1. The third-order valence-corrected chi connectivity index (χ3v) is 3.17. The maximum absolute atomic E-state index is 12.0. The first kappa shape index (κ1) is 15.3. The predicted molar refractivity (Wildman–Crippen MR) is 74.9 cm³/mol. The van der Waals surface area contributed by atoms with Crippen molar-refractivity contribution in [2.75, 3.05) is 32.2 Å². The minimum atomic E-state index is -0.456. The Morgan fingerprint density at radius 3 is 2.62 bits per heavy atom. The molecule has 2 unspecified atom stereocenters. The summed E-state index contributed by atoms with van der Waals surface area (Å²) < 4.78 is 14.8. The molecule has 1 heterocycles. The second-order valence-corrected chi connectivity index (χ2v) is 4.69. The predicted octanol–water partition coefficient (Wildman–Crippen LogP) is 0.151. The Morgan fingerprint density at radius 1 is 1.33 bits per heavy atom. The summed E-state index contributed by atoms with van der Waals surface area (Å²) in [5.41, 5.74) is 6.42. The van der Waals surface area contributed by atoms with Gasteiger partial charge in [-0.3, -0.25) is 4.79 Å². The Hall–Kier alpha value is -2.12. The molecule has 2 rings (SSSR count). The summed E-state index contributed by atoms with van der Waals surface area (Å²) >= 11 is 0. The van der Waals surface area contributed by atoms with Gasteiger partial charge in [-0.15, -0.1) is 0 Å². The number of ether oxygens (including phenoxy) is 3. The summed E-state index contributed by atoms with van der Waals surface area (Å²) in [5.74, 6) is -0.439. The summed E-state index contributed by atoms with van der Waals surface area (Å²) in [4.78, 5) is 22.9. The van der Waals surface area contributed by atoms with Gasteiger partial charge in [-0.05, 0) is 24.3 Å². The van der Waals surface area contributed by atoms with Crippen LogP contribution >= 0.6 is 0 Å². The number of carbonyl (C=O) groups excluding carboxylic acids is 2. The number of nitrogens with one attached hydrogen (secondary N) is 1. The minimum absolute atomic E-state index is 0.156. The van der Waals surface area contributed by atoms with E-state index in [-0.39, 0.29) is 24.5 Å². The summed E-state index contributed by atoms with van der Waals surface area (Å²) in [6.07, 6.45) is 0. The monoisotopic (exact) mass is 294 g/mol. The fraction of sp³-hybridized carbons (Fsp3) is 0.429. The normalized spacial score (nSPS) is 20.9. The molecule has 1 aliphatic heterocycles. The molecule has 1 fully saturated rings. The van der Waals surface area contributed by atoms with Crippen molar-refractivity contribution in [1.29, 1.82) is 0 Å². The first-order valence-electron chi connectivity index (χ1n) is 6.54. The molecule has 3 N–H and O–H groups in total. The minimum Gasteiger partial charge on any atom is -0.482 e. The Labute approximate surface area is 122 Å². The fourth-order valence-electron chi connectivity index (χ4n) is 1.91. The van der Waals surface area contributed by atoms with Gasteiger partial charge in [-0.25, -0.2) is 4.79 Å². The lowest BCUT2D eigenvalue weighted by molar-refractivity contribution is -0.142. The molecule has 21 heavy (non-hydrogen) atoms. The van der Waals surface area contributed by atoms with E-state index in [0.717, 1.165) is 0 Å². The van der Waals surface area contributed by atoms with Crippen molar-refractivity contribution >= 4 is 17.6 Å². The molecule has 0 saturated carbocycles. The number of esters is 1. The number of methoxy groups -OCH3 is 1. The maximum atomic E-state index is 12.0. The molecule has 7 nitrogen and oxygen atoms in total. The number of benzene rings is 1. The zero-order valence-electron chi connectivity index (χ0n) is 11.7. The van der Waals surface area contributed by atoms with E-state index in [0.29, 0.717) is 24.7 Å². The van der Waals surface area contributed by atoms with Gasteiger partial charge in [-0.2, -0.15) is 0 Å². The van der Waals surface area contributed by atoms with Crippen LogP contribution in [0, 0.1) is 5.92 Å². The molecule has 1 amide bonds. The van der Waals surface area contributed by atoms with Crippen LogP contribution in [0.1, 0.15) is 0 Å². The lowest BCUT2D eigenvalue weighted by Crippen LogP contribution is -2.37. The molecule has 0 spiro atoms. The average Bonchev–Trinajstić information content (AvgIpc) is 2.92. The van der Waals surface area contributed by atoms with Gasteiger partial charge in [0.2, 0.25) is 5.91 Å². The van der Waals surface area contributed by atoms with Crippen LogP contribution < -0.4 is 15.8 Å². The van der Waals surface area contributed by atoms with Crippen LogP contribution in [0.3, 0.4) is 0 Å². The quantitative estimate of drug-likeness (QED) is 0.750. The molecule has 1 saturated heterocycles. The van der Waals surface area contributed by atoms with Gasteiger partial charge in [0.25, 0.3) is 0 Å². The summed E-state index contributed by atoms with van der Waals surface area (Å²) in [5, 5.41) is 2.77. The Bertz CT molecular complexity index is 503. The van der Waals surface area contributed by atoms with Gasteiger partial charge in [0, 0.05) is 11.7 Å². The summed E-state index contributed by atoms with van der Waals surface area (Å²) in [6.45, 7) is 0.586. The number of anilines is 1. The highest BCUT2D eigenvalue weighted by molar-refractivity contribution is 5.93. The third kappa shape index (κ3) is 4.17. The molecule has 0 bridgehead atoms. The van der Waals surface area contributed by atoms with Crippen LogP contribution in [0.4, 0.5) is 5.69 Å². The highest BCUT2D eigenvalue weighted by Crippen LogP contribution is 2.18. The van der Waals surface area contributed by atoms with Gasteiger partial charge in [-0.1, -0.05) is 0 Å². The van der Waals surface area contributed by atoms with Crippen molar-refractivity contribution < 1.29 is 23.8 Å². The van der Waals surface area contributed by atoms with Crippen LogP contribution in [0.15, 0.2) is 24.3 Å². The summed E-state index contributed by atoms with van der Waals surface area (Å²) in [6, 6.07) is 6.41. The lowest BCUT2D eigenvalue weighted by atomic mass is 10.0. The average molecular weight is 294 g/mol.